The zero-order valence-electron chi connectivity index (χ0n) is 12.1. The third kappa shape index (κ3) is 6.42. The van der Waals surface area contributed by atoms with E-state index in [-0.39, 0.29) is 12.4 Å². The van der Waals surface area contributed by atoms with Gasteiger partial charge in [0.25, 0.3) is 0 Å². The summed E-state index contributed by atoms with van der Waals surface area (Å²) in [6.07, 6.45) is 5.54. The van der Waals surface area contributed by atoms with Gasteiger partial charge in [-0.25, -0.2) is 0 Å². The van der Waals surface area contributed by atoms with Crippen molar-refractivity contribution >= 4 is 12.4 Å². The lowest BCUT2D eigenvalue weighted by molar-refractivity contribution is 0.210. The van der Waals surface area contributed by atoms with E-state index >= 15 is 0 Å². The van der Waals surface area contributed by atoms with Crippen molar-refractivity contribution in [2.24, 2.45) is 0 Å². The van der Waals surface area contributed by atoms with Gasteiger partial charge in [0.05, 0.1) is 0 Å². The lowest BCUT2D eigenvalue weighted by Gasteiger charge is -2.27. The summed E-state index contributed by atoms with van der Waals surface area (Å²) in [5.41, 5.74) is 1.41. The van der Waals surface area contributed by atoms with Crippen molar-refractivity contribution in [1.29, 1.82) is 0 Å². The summed E-state index contributed by atoms with van der Waals surface area (Å²) < 4.78 is 0. The minimum Gasteiger partial charge on any atom is -0.303 e. The van der Waals surface area contributed by atoms with Crippen LogP contribution in [0.15, 0.2) is 30.3 Å². The van der Waals surface area contributed by atoms with Gasteiger partial charge in [0.2, 0.25) is 0 Å². The molecule has 0 aromatic heterocycles. The van der Waals surface area contributed by atoms with Gasteiger partial charge in [0.15, 0.2) is 0 Å². The van der Waals surface area contributed by atoms with Crippen molar-refractivity contribution in [2.75, 3.05) is 33.2 Å². The first-order valence-electron chi connectivity index (χ1n) is 7.29. The van der Waals surface area contributed by atoms with Crippen LogP contribution in [0, 0.1) is 0 Å². The number of hydrogen-bond donors (Lipinski definition) is 0. The van der Waals surface area contributed by atoms with Crippen molar-refractivity contribution in [3.8, 4) is 0 Å². The molecule has 108 valence electrons. The van der Waals surface area contributed by atoms with E-state index in [1.807, 2.05) is 0 Å². The smallest absolute Gasteiger partial charge is 0.0230 e. The van der Waals surface area contributed by atoms with Crippen LogP contribution in [0.1, 0.15) is 31.2 Å². The van der Waals surface area contributed by atoms with Crippen molar-refractivity contribution in [2.45, 2.75) is 32.2 Å². The second-order valence-corrected chi connectivity index (χ2v) is 5.48. The highest BCUT2D eigenvalue weighted by Gasteiger charge is 2.09. The summed E-state index contributed by atoms with van der Waals surface area (Å²) in [6, 6.07) is 10.7. The Morgan fingerprint density at radius 2 is 1.74 bits per heavy atom. The van der Waals surface area contributed by atoms with Crippen LogP contribution < -0.4 is 0 Å². The van der Waals surface area contributed by atoms with Crippen LogP contribution in [-0.4, -0.2) is 43.0 Å². The minimum absolute atomic E-state index is 0. The Morgan fingerprint density at radius 1 is 1.05 bits per heavy atom. The molecule has 0 saturated carbocycles. The van der Waals surface area contributed by atoms with Crippen LogP contribution in [0.2, 0.25) is 0 Å². The van der Waals surface area contributed by atoms with Crippen LogP contribution in [0.3, 0.4) is 0 Å². The molecule has 19 heavy (non-hydrogen) atoms. The molecule has 3 heteroatoms. The molecule has 0 atom stereocenters. The molecule has 1 aromatic rings. The van der Waals surface area contributed by atoms with Gasteiger partial charge in [-0.1, -0.05) is 36.8 Å². The summed E-state index contributed by atoms with van der Waals surface area (Å²) in [5.74, 6) is 0. The van der Waals surface area contributed by atoms with Crippen molar-refractivity contribution in [3.05, 3.63) is 35.9 Å². The van der Waals surface area contributed by atoms with E-state index in [0.717, 1.165) is 6.54 Å². The van der Waals surface area contributed by atoms with Gasteiger partial charge in [0.1, 0.15) is 0 Å². The number of rotatable bonds is 6. The molecule has 0 bridgehead atoms. The minimum atomic E-state index is 0. The number of benzene rings is 1. The van der Waals surface area contributed by atoms with Gasteiger partial charge in [-0.05, 0) is 58.1 Å². The maximum absolute atomic E-state index is 2.62. The lowest BCUT2D eigenvalue weighted by Crippen LogP contribution is -2.32. The molecule has 0 aliphatic carbocycles. The molecule has 1 fully saturated rings. The van der Waals surface area contributed by atoms with E-state index in [2.05, 4.69) is 47.2 Å². The number of halogens is 1. The third-order valence-electron chi connectivity index (χ3n) is 3.76. The predicted octanol–water partition coefficient (Wildman–Crippen LogP) is 3.42. The molecule has 1 aliphatic heterocycles. The topological polar surface area (TPSA) is 6.48 Å². The third-order valence-corrected chi connectivity index (χ3v) is 3.76. The van der Waals surface area contributed by atoms with Crippen LogP contribution in [0.25, 0.3) is 0 Å². The Bertz CT molecular complexity index is 323. The molecule has 2 rings (SSSR count). The molecule has 2 nitrogen and oxygen atoms in total. The van der Waals surface area contributed by atoms with E-state index < -0.39 is 0 Å². The van der Waals surface area contributed by atoms with Gasteiger partial charge < -0.3 is 9.80 Å². The summed E-state index contributed by atoms with van der Waals surface area (Å²) in [7, 11) is 2.23. The standard InChI is InChI=1S/C16H26N2.ClH/c1-17(15-16-9-4-2-5-10-16)11-8-14-18-12-6-3-7-13-18;/h2,4-5,9-10H,3,6-8,11-15H2,1H3;1H. The van der Waals surface area contributed by atoms with Crippen molar-refractivity contribution < 1.29 is 0 Å². The largest absolute Gasteiger partial charge is 0.303 e. The highest BCUT2D eigenvalue weighted by molar-refractivity contribution is 5.85. The highest BCUT2D eigenvalue weighted by atomic mass is 35.5. The second-order valence-electron chi connectivity index (χ2n) is 5.48. The van der Waals surface area contributed by atoms with Gasteiger partial charge in [0, 0.05) is 6.54 Å². The Balaban J connectivity index is 0.00000180. The van der Waals surface area contributed by atoms with Crippen LogP contribution >= 0.6 is 12.4 Å². The van der Waals surface area contributed by atoms with Gasteiger partial charge >= 0.3 is 0 Å². The van der Waals surface area contributed by atoms with Gasteiger partial charge in [-0.15, -0.1) is 12.4 Å². The molecule has 1 aliphatic rings. The van der Waals surface area contributed by atoms with E-state index in [1.54, 1.807) is 0 Å². The molecule has 0 radical (unpaired) electrons. The molecule has 0 N–H and O–H groups in total. The maximum atomic E-state index is 2.62. The van der Waals surface area contributed by atoms with Crippen molar-refractivity contribution in [3.63, 3.8) is 0 Å². The Hall–Kier alpha value is -0.570. The molecule has 0 unspecified atom stereocenters. The molecule has 0 amide bonds. The first kappa shape index (κ1) is 16.5. The number of piperidine rings is 1. The Kier molecular flexibility index (Phi) is 8.11. The lowest BCUT2D eigenvalue weighted by atomic mass is 10.1. The fourth-order valence-electron chi connectivity index (χ4n) is 2.72. The Morgan fingerprint density at radius 3 is 2.42 bits per heavy atom. The molecule has 1 saturated heterocycles. The summed E-state index contributed by atoms with van der Waals surface area (Å²) in [6.45, 7) is 6.19. The summed E-state index contributed by atoms with van der Waals surface area (Å²) >= 11 is 0. The number of nitrogens with zero attached hydrogens (tertiary/aromatic N) is 2. The average molecular weight is 283 g/mol. The molecular formula is C16H27ClN2. The normalized spacial score (nSPS) is 16.3. The highest BCUT2D eigenvalue weighted by Crippen LogP contribution is 2.09. The van der Waals surface area contributed by atoms with Crippen LogP contribution in [0.5, 0.6) is 0 Å². The zero-order valence-corrected chi connectivity index (χ0v) is 12.9. The molecule has 0 spiro atoms. The Labute approximate surface area is 124 Å². The molecule has 1 heterocycles. The second kappa shape index (κ2) is 9.35. The SMILES string of the molecule is CN(CCCN1CCCCC1)Cc1ccccc1.Cl. The van der Waals surface area contributed by atoms with Crippen molar-refractivity contribution in [1.82, 2.24) is 9.80 Å². The number of likely N-dealkylation sites (tertiary alicyclic amines) is 1. The van der Waals surface area contributed by atoms with E-state index in [0.29, 0.717) is 0 Å². The summed E-state index contributed by atoms with van der Waals surface area (Å²) in [4.78, 5) is 5.05. The van der Waals surface area contributed by atoms with Gasteiger partial charge in [-0.3, -0.25) is 0 Å². The van der Waals surface area contributed by atoms with E-state index in [4.69, 9.17) is 0 Å². The first-order chi connectivity index (χ1) is 8.84. The molecule has 1 aromatic carbocycles. The van der Waals surface area contributed by atoms with E-state index in [9.17, 15) is 0 Å². The van der Waals surface area contributed by atoms with Gasteiger partial charge in [-0.2, -0.15) is 0 Å². The summed E-state index contributed by atoms with van der Waals surface area (Å²) in [5, 5.41) is 0. The average Bonchev–Trinajstić information content (AvgIpc) is 2.41. The van der Waals surface area contributed by atoms with Crippen LogP contribution in [0.4, 0.5) is 0 Å². The van der Waals surface area contributed by atoms with E-state index in [1.165, 1.54) is 57.4 Å². The van der Waals surface area contributed by atoms with Crippen LogP contribution in [-0.2, 0) is 6.54 Å². The predicted molar refractivity (Wildman–Crippen MR) is 84.9 cm³/mol. The number of hydrogen-bond acceptors (Lipinski definition) is 2. The quantitative estimate of drug-likeness (QED) is 0.789. The fourth-order valence-corrected chi connectivity index (χ4v) is 2.72. The molecular weight excluding hydrogens is 256 g/mol. The zero-order chi connectivity index (χ0) is 12.6. The monoisotopic (exact) mass is 282 g/mol. The maximum Gasteiger partial charge on any atom is 0.0230 e. The fraction of sp³-hybridized carbons (Fsp3) is 0.625. The first-order valence-corrected chi connectivity index (χ1v) is 7.29.